The molecule has 112 valence electrons. The van der Waals surface area contributed by atoms with Crippen molar-refractivity contribution in [1.29, 1.82) is 0 Å². The first-order chi connectivity index (χ1) is 10.0. The third-order valence-electron chi connectivity index (χ3n) is 3.44. The molecule has 0 radical (unpaired) electrons. The zero-order valence-electron chi connectivity index (χ0n) is 12.4. The molecule has 2 rings (SSSR count). The summed E-state index contributed by atoms with van der Waals surface area (Å²) < 4.78 is 11.5. The lowest BCUT2D eigenvalue weighted by Crippen LogP contribution is -2.03. The van der Waals surface area contributed by atoms with Gasteiger partial charge in [0.05, 0.1) is 20.3 Å². The van der Waals surface area contributed by atoms with Crippen molar-refractivity contribution in [3.8, 4) is 11.5 Å². The average Bonchev–Trinajstić information content (AvgIpc) is 2.49. The summed E-state index contributed by atoms with van der Waals surface area (Å²) in [5.74, 6) is 1.37. The molecule has 1 N–H and O–H groups in total. The quantitative estimate of drug-likeness (QED) is 0.883. The molecule has 1 unspecified atom stereocenters. The Morgan fingerprint density at radius 3 is 2.38 bits per heavy atom. The van der Waals surface area contributed by atoms with E-state index in [0.29, 0.717) is 17.9 Å². The summed E-state index contributed by atoms with van der Waals surface area (Å²) in [6.07, 6.45) is -0.0172. The molecule has 0 aliphatic rings. The molecule has 2 aromatic rings. The summed E-state index contributed by atoms with van der Waals surface area (Å²) in [7, 11) is 3.22. The number of aliphatic hydroxyl groups is 1. The molecule has 4 heteroatoms. The van der Waals surface area contributed by atoms with Crippen molar-refractivity contribution < 1.29 is 14.6 Å². The van der Waals surface area contributed by atoms with E-state index in [1.807, 2.05) is 43.3 Å². The molecule has 0 spiro atoms. The second kappa shape index (κ2) is 6.96. The number of rotatable bonds is 5. The molecule has 0 fully saturated rings. The summed E-state index contributed by atoms with van der Waals surface area (Å²) >= 11 is 3.47. The van der Waals surface area contributed by atoms with E-state index in [2.05, 4.69) is 15.9 Å². The SMILES string of the molecule is COc1ccc(CC(O)c2ccc(Br)c(C)c2)cc1OC. The van der Waals surface area contributed by atoms with E-state index in [1.165, 1.54) is 0 Å². The second-order valence-corrected chi connectivity index (χ2v) is 5.77. The van der Waals surface area contributed by atoms with E-state index in [1.54, 1.807) is 14.2 Å². The van der Waals surface area contributed by atoms with Gasteiger partial charge in [0.2, 0.25) is 0 Å². The van der Waals surface area contributed by atoms with E-state index in [-0.39, 0.29) is 0 Å². The van der Waals surface area contributed by atoms with Crippen LogP contribution in [0, 0.1) is 6.92 Å². The topological polar surface area (TPSA) is 38.7 Å². The van der Waals surface area contributed by atoms with Crippen molar-refractivity contribution in [2.45, 2.75) is 19.4 Å². The van der Waals surface area contributed by atoms with Crippen LogP contribution in [0.3, 0.4) is 0 Å². The van der Waals surface area contributed by atoms with Crippen molar-refractivity contribution in [2.24, 2.45) is 0 Å². The average molecular weight is 351 g/mol. The minimum absolute atomic E-state index is 0.529. The minimum atomic E-state index is -0.546. The van der Waals surface area contributed by atoms with E-state index < -0.39 is 6.10 Å². The van der Waals surface area contributed by atoms with Gasteiger partial charge in [-0.25, -0.2) is 0 Å². The highest BCUT2D eigenvalue weighted by atomic mass is 79.9. The second-order valence-electron chi connectivity index (χ2n) is 4.92. The summed E-state index contributed by atoms with van der Waals surface area (Å²) in [5.41, 5.74) is 3.02. The predicted octanol–water partition coefficient (Wildman–Crippen LogP) is 4.05. The molecule has 0 aliphatic heterocycles. The summed E-state index contributed by atoms with van der Waals surface area (Å²) in [4.78, 5) is 0. The van der Waals surface area contributed by atoms with Crippen LogP contribution in [0.1, 0.15) is 22.8 Å². The maximum Gasteiger partial charge on any atom is 0.160 e. The maximum atomic E-state index is 10.4. The van der Waals surface area contributed by atoms with Gasteiger partial charge in [-0.15, -0.1) is 0 Å². The highest BCUT2D eigenvalue weighted by molar-refractivity contribution is 9.10. The van der Waals surface area contributed by atoms with Crippen molar-refractivity contribution >= 4 is 15.9 Å². The van der Waals surface area contributed by atoms with Gasteiger partial charge in [0.1, 0.15) is 0 Å². The van der Waals surface area contributed by atoms with Crippen molar-refractivity contribution in [2.75, 3.05) is 14.2 Å². The molecule has 3 nitrogen and oxygen atoms in total. The van der Waals surface area contributed by atoms with Gasteiger partial charge in [-0.05, 0) is 41.8 Å². The molecule has 0 aliphatic carbocycles. The van der Waals surface area contributed by atoms with Crippen molar-refractivity contribution in [3.63, 3.8) is 0 Å². The number of aliphatic hydroxyl groups excluding tert-OH is 1. The Balaban J connectivity index is 2.18. The molecule has 0 amide bonds. The number of halogens is 1. The summed E-state index contributed by atoms with van der Waals surface area (Å²) in [6, 6.07) is 11.6. The highest BCUT2D eigenvalue weighted by Gasteiger charge is 2.12. The van der Waals surface area contributed by atoms with E-state index >= 15 is 0 Å². The monoisotopic (exact) mass is 350 g/mol. The molecule has 0 heterocycles. The predicted molar refractivity (Wildman–Crippen MR) is 87.1 cm³/mol. The Morgan fingerprint density at radius 1 is 1.05 bits per heavy atom. The van der Waals surface area contributed by atoms with Crippen molar-refractivity contribution in [3.05, 3.63) is 57.6 Å². The van der Waals surface area contributed by atoms with Crippen LogP contribution in [0.4, 0.5) is 0 Å². The van der Waals surface area contributed by atoms with Crippen LogP contribution >= 0.6 is 15.9 Å². The van der Waals surface area contributed by atoms with Crippen LogP contribution in [-0.2, 0) is 6.42 Å². The third-order valence-corrected chi connectivity index (χ3v) is 4.33. The lowest BCUT2D eigenvalue weighted by molar-refractivity contribution is 0.178. The van der Waals surface area contributed by atoms with Crippen LogP contribution < -0.4 is 9.47 Å². The zero-order valence-corrected chi connectivity index (χ0v) is 14.0. The first-order valence-electron chi connectivity index (χ1n) is 6.70. The Labute approximate surface area is 133 Å². The lowest BCUT2D eigenvalue weighted by Gasteiger charge is -2.14. The van der Waals surface area contributed by atoms with Crippen LogP contribution in [0.25, 0.3) is 0 Å². The van der Waals surface area contributed by atoms with E-state index in [9.17, 15) is 5.11 Å². The fourth-order valence-corrected chi connectivity index (χ4v) is 2.47. The first-order valence-corrected chi connectivity index (χ1v) is 7.49. The molecule has 0 aromatic heterocycles. The largest absolute Gasteiger partial charge is 0.493 e. The number of hydrogen-bond donors (Lipinski definition) is 1. The van der Waals surface area contributed by atoms with Gasteiger partial charge in [-0.2, -0.15) is 0 Å². The summed E-state index contributed by atoms with van der Waals surface area (Å²) in [6.45, 7) is 2.01. The van der Waals surface area contributed by atoms with Gasteiger partial charge in [0.25, 0.3) is 0 Å². The number of aryl methyl sites for hydroxylation is 1. The number of hydrogen-bond acceptors (Lipinski definition) is 3. The molecular weight excluding hydrogens is 332 g/mol. The minimum Gasteiger partial charge on any atom is -0.493 e. The van der Waals surface area contributed by atoms with Gasteiger partial charge in [-0.1, -0.05) is 34.1 Å². The zero-order chi connectivity index (χ0) is 15.4. The normalized spacial score (nSPS) is 12.0. The van der Waals surface area contributed by atoms with Crippen LogP contribution in [-0.4, -0.2) is 19.3 Å². The Bertz CT molecular complexity index is 625. The smallest absolute Gasteiger partial charge is 0.160 e. The van der Waals surface area contributed by atoms with Crippen LogP contribution in [0.2, 0.25) is 0 Å². The molecule has 2 aromatic carbocycles. The summed E-state index contributed by atoms with van der Waals surface area (Å²) in [5, 5.41) is 10.4. The number of ether oxygens (including phenoxy) is 2. The molecule has 0 bridgehead atoms. The standard InChI is InChI=1S/C17H19BrO3/c1-11-8-13(5-6-14(11)18)15(19)9-12-4-7-16(20-2)17(10-12)21-3/h4-8,10,15,19H,9H2,1-3H3. The van der Waals surface area contributed by atoms with Gasteiger partial charge >= 0.3 is 0 Å². The molecule has 1 atom stereocenters. The first kappa shape index (κ1) is 15.9. The fourth-order valence-electron chi connectivity index (χ4n) is 2.22. The Kier molecular flexibility index (Phi) is 5.26. The lowest BCUT2D eigenvalue weighted by atomic mass is 10.00. The molecular formula is C17H19BrO3. The van der Waals surface area contributed by atoms with Crippen LogP contribution in [0.5, 0.6) is 11.5 Å². The van der Waals surface area contributed by atoms with Gasteiger partial charge in [0, 0.05) is 10.9 Å². The fraction of sp³-hybridized carbons (Fsp3) is 0.294. The maximum absolute atomic E-state index is 10.4. The van der Waals surface area contributed by atoms with Gasteiger partial charge in [0.15, 0.2) is 11.5 Å². The van der Waals surface area contributed by atoms with Crippen molar-refractivity contribution in [1.82, 2.24) is 0 Å². The number of methoxy groups -OCH3 is 2. The Hall–Kier alpha value is -1.52. The molecule has 0 saturated carbocycles. The van der Waals surface area contributed by atoms with Crippen LogP contribution in [0.15, 0.2) is 40.9 Å². The van der Waals surface area contributed by atoms with E-state index in [0.717, 1.165) is 21.2 Å². The van der Waals surface area contributed by atoms with Gasteiger partial charge in [-0.3, -0.25) is 0 Å². The molecule has 0 saturated heterocycles. The Morgan fingerprint density at radius 2 is 1.76 bits per heavy atom. The molecule has 21 heavy (non-hydrogen) atoms. The highest BCUT2D eigenvalue weighted by Crippen LogP contribution is 2.30. The number of benzene rings is 2. The van der Waals surface area contributed by atoms with Gasteiger partial charge < -0.3 is 14.6 Å². The van der Waals surface area contributed by atoms with E-state index in [4.69, 9.17) is 9.47 Å². The third kappa shape index (κ3) is 3.77.